The number of hydrogen-bond acceptors (Lipinski definition) is 4. The van der Waals surface area contributed by atoms with Crippen molar-refractivity contribution in [1.82, 2.24) is 0 Å². The minimum atomic E-state index is 0.314. The average molecular weight is 379 g/mol. The minimum Gasteiger partial charge on any atom is -0.379 e. The van der Waals surface area contributed by atoms with Crippen LogP contribution in [-0.4, -0.2) is 51.3 Å². The fourth-order valence-electron chi connectivity index (χ4n) is 2.25. The molecule has 0 bridgehead atoms. The molecule has 0 spiro atoms. The van der Waals surface area contributed by atoms with E-state index in [0.29, 0.717) is 18.3 Å². The van der Waals surface area contributed by atoms with Crippen LogP contribution in [0.5, 0.6) is 0 Å². The first kappa shape index (κ1) is 30.6. The molecule has 0 aromatic heterocycles. The lowest BCUT2D eigenvalue weighted by molar-refractivity contribution is -0.0797. The highest BCUT2D eigenvalue weighted by atomic mass is 16.6. The molecule has 0 aromatic rings. The van der Waals surface area contributed by atoms with Crippen molar-refractivity contribution >= 4 is 0 Å². The minimum absolute atomic E-state index is 0.314. The molecule has 0 saturated carbocycles. The maximum absolute atomic E-state index is 5.28. The van der Waals surface area contributed by atoms with Crippen molar-refractivity contribution in [2.45, 2.75) is 113 Å². The largest absolute Gasteiger partial charge is 0.379 e. The Balaban J connectivity index is -0.000000267. The van der Waals surface area contributed by atoms with E-state index in [4.69, 9.17) is 18.9 Å². The second-order valence-electron chi connectivity index (χ2n) is 5.76. The molecule has 0 amide bonds. The maximum atomic E-state index is 5.28. The molecular weight excluding hydrogens is 328 g/mol. The van der Waals surface area contributed by atoms with E-state index < -0.39 is 0 Å². The van der Waals surface area contributed by atoms with Gasteiger partial charge in [0, 0.05) is 13.2 Å². The van der Waals surface area contributed by atoms with E-state index in [1.165, 1.54) is 32.1 Å². The van der Waals surface area contributed by atoms with E-state index in [0.717, 1.165) is 33.0 Å². The third-order valence-electron chi connectivity index (χ3n) is 3.55. The molecule has 3 saturated heterocycles. The fraction of sp³-hybridized carbons (Fsp3) is 1.00. The molecule has 3 aliphatic rings. The molecule has 3 unspecified atom stereocenters. The van der Waals surface area contributed by atoms with Gasteiger partial charge in [0.2, 0.25) is 0 Å². The third-order valence-corrected chi connectivity index (χ3v) is 3.55. The summed E-state index contributed by atoms with van der Waals surface area (Å²) in [6, 6.07) is 0. The van der Waals surface area contributed by atoms with E-state index in [-0.39, 0.29) is 0 Å². The van der Waals surface area contributed by atoms with Gasteiger partial charge in [0.05, 0.1) is 38.1 Å². The van der Waals surface area contributed by atoms with E-state index in [1.54, 1.807) is 0 Å². The molecule has 0 radical (unpaired) electrons. The monoisotopic (exact) mass is 378 g/mol. The van der Waals surface area contributed by atoms with Gasteiger partial charge in [-0.25, -0.2) is 0 Å². The van der Waals surface area contributed by atoms with Crippen LogP contribution >= 0.6 is 0 Å². The Bertz CT molecular complexity index is 190. The summed E-state index contributed by atoms with van der Waals surface area (Å²) in [6.07, 6.45) is 7.82. The summed E-state index contributed by atoms with van der Waals surface area (Å²) in [6.45, 7) is 22.5. The first-order chi connectivity index (χ1) is 12.7. The lowest BCUT2D eigenvalue weighted by Crippen LogP contribution is -2.25. The summed E-state index contributed by atoms with van der Waals surface area (Å²) in [5.41, 5.74) is 0. The molecule has 4 nitrogen and oxygen atoms in total. The SMILES string of the molecule is CC.CC.CC.CC1CCCCO1.CC1CCCO1.CC1COCCO1. The Morgan fingerprint density at radius 1 is 0.500 bits per heavy atom. The van der Waals surface area contributed by atoms with Crippen molar-refractivity contribution in [3.05, 3.63) is 0 Å². The summed E-state index contributed by atoms with van der Waals surface area (Å²) in [4.78, 5) is 0. The highest BCUT2D eigenvalue weighted by Gasteiger charge is 2.07. The standard InChI is InChI=1S/C6H12O.C5H10O2.C5H10O.3C2H6/c1-6-4-2-3-5-7-6;1-5-4-6-2-3-7-5;1-5-3-2-4-6-5;3*1-2/h6H,2-5H2,1H3;5H,2-4H2,1H3;5H,2-4H2,1H3;3*1-2H3. The van der Waals surface area contributed by atoms with Crippen LogP contribution in [0.3, 0.4) is 0 Å². The molecule has 3 rings (SSSR count). The van der Waals surface area contributed by atoms with Gasteiger partial charge in [-0.15, -0.1) is 0 Å². The van der Waals surface area contributed by atoms with E-state index >= 15 is 0 Å². The fourth-order valence-corrected chi connectivity index (χ4v) is 2.25. The molecule has 4 heteroatoms. The Labute approximate surface area is 165 Å². The Hall–Kier alpha value is -0.160. The van der Waals surface area contributed by atoms with Gasteiger partial charge in [-0.2, -0.15) is 0 Å². The average Bonchev–Trinajstić information content (AvgIpc) is 3.20. The smallest absolute Gasteiger partial charge is 0.0781 e. The quantitative estimate of drug-likeness (QED) is 0.498. The molecule has 26 heavy (non-hydrogen) atoms. The molecule has 3 fully saturated rings. The summed E-state index contributed by atoms with van der Waals surface area (Å²) >= 11 is 0. The van der Waals surface area contributed by atoms with Crippen LogP contribution in [0.25, 0.3) is 0 Å². The van der Waals surface area contributed by atoms with Gasteiger partial charge in [-0.3, -0.25) is 0 Å². The van der Waals surface area contributed by atoms with Crippen LogP contribution in [0.4, 0.5) is 0 Å². The van der Waals surface area contributed by atoms with Crippen molar-refractivity contribution in [2.75, 3.05) is 33.0 Å². The van der Waals surface area contributed by atoms with Crippen LogP contribution in [0, 0.1) is 0 Å². The molecule has 0 aromatic carbocycles. The van der Waals surface area contributed by atoms with Crippen LogP contribution in [-0.2, 0) is 18.9 Å². The predicted octanol–water partition coefficient (Wildman–Crippen LogP) is 6.26. The van der Waals surface area contributed by atoms with Gasteiger partial charge in [-0.1, -0.05) is 41.5 Å². The number of rotatable bonds is 0. The second kappa shape index (κ2) is 27.1. The normalized spacial score (nSPS) is 26.4. The van der Waals surface area contributed by atoms with Gasteiger partial charge >= 0.3 is 0 Å². The van der Waals surface area contributed by atoms with Crippen molar-refractivity contribution in [3.8, 4) is 0 Å². The van der Waals surface area contributed by atoms with Gasteiger partial charge in [-0.05, 0) is 52.9 Å². The van der Waals surface area contributed by atoms with Crippen LogP contribution < -0.4 is 0 Å². The van der Waals surface area contributed by atoms with Crippen molar-refractivity contribution < 1.29 is 18.9 Å². The van der Waals surface area contributed by atoms with Gasteiger partial charge in [0.15, 0.2) is 0 Å². The zero-order valence-corrected chi connectivity index (χ0v) is 19.4. The Morgan fingerprint density at radius 2 is 0.962 bits per heavy atom. The predicted molar refractivity (Wildman–Crippen MR) is 114 cm³/mol. The van der Waals surface area contributed by atoms with Gasteiger partial charge in [0.1, 0.15) is 0 Å². The highest BCUT2D eigenvalue weighted by Crippen LogP contribution is 2.10. The first-order valence-corrected chi connectivity index (χ1v) is 11.1. The zero-order chi connectivity index (χ0) is 20.6. The van der Waals surface area contributed by atoms with E-state index in [9.17, 15) is 0 Å². The molecule has 3 heterocycles. The van der Waals surface area contributed by atoms with Crippen molar-refractivity contribution in [1.29, 1.82) is 0 Å². The lowest BCUT2D eigenvalue weighted by atomic mass is 10.1. The molecule has 0 N–H and O–H groups in total. The first-order valence-electron chi connectivity index (χ1n) is 11.1. The number of hydrogen-bond donors (Lipinski definition) is 0. The summed E-state index contributed by atoms with van der Waals surface area (Å²) < 4.78 is 20.6. The van der Waals surface area contributed by atoms with Crippen molar-refractivity contribution in [3.63, 3.8) is 0 Å². The summed E-state index contributed by atoms with van der Waals surface area (Å²) in [7, 11) is 0. The number of ether oxygens (including phenoxy) is 4. The van der Waals surface area contributed by atoms with Gasteiger partial charge in [0.25, 0.3) is 0 Å². The molecule has 3 aliphatic heterocycles. The molecular formula is C22H50O4. The zero-order valence-electron chi connectivity index (χ0n) is 19.4. The Morgan fingerprint density at radius 3 is 1.15 bits per heavy atom. The highest BCUT2D eigenvalue weighted by molar-refractivity contribution is 4.56. The molecule has 162 valence electrons. The van der Waals surface area contributed by atoms with Crippen molar-refractivity contribution in [2.24, 2.45) is 0 Å². The van der Waals surface area contributed by atoms with Crippen LogP contribution in [0.2, 0.25) is 0 Å². The third kappa shape index (κ3) is 23.8. The van der Waals surface area contributed by atoms with Gasteiger partial charge < -0.3 is 18.9 Å². The topological polar surface area (TPSA) is 36.9 Å². The van der Waals surface area contributed by atoms with E-state index in [1.807, 2.05) is 48.5 Å². The molecule has 3 atom stereocenters. The van der Waals surface area contributed by atoms with Crippen LogP contribution in [0.1, 0.15) is 94.4 Å². The molecule has 0 aliphatic carbocycles. The summed E-state index contributed by atoms with van der Waals surface area (Å²) in [5.74, 6) is 0. The lowest BCUT2D eigenvalue weighted by Gasteiger charge is -2.18. The van der Waals surface area contributed by atoms with Crippen LogP contribution in [0.15, 0.2) is 0 Å². The Kier molecular flexibility index (Phi) is 31.8. The second-order valence-corrected chi connectivity index (χ2v) is 5.76. The maximum Gasteiger partial charge on any atom is 0.0781 e. The summed E-state index contributed by atoms with van der Waals surface area (Å²) in [5, 5.41) is 0. The van der Waals surface area contributed by atoms with E-state index in [2.05, 4.69) is 13.8 Å².